The van der Waals surface area contributed by atoms with Crippen LogP contribution in [0.15, 0.2) is 24.3 Å². The van der Waals surface area contributed by atoms with Gasteiger partial charge in [-0.05, 0) is 44.2 Å². The molecule has 88 valence electrons. The van der Waals surface area contributed by atoms with Crippen LogP contribution < -0.4 is 10.1 Å². The van der Waals surface area contributed by atoms with Crippen LogP contribution >= 0.6 is 0 Å². The van der Waals surface area contributed by atoms with Crippen LogP contribution in [0.1, 0.15) is 33.1 Å². The number of nitrogens with one attached hydrogen (secondary N) is 1. The Hall–Kier alpha value is -1.18. The quantitative estimate of drug-likeness (QED) is 0.788. The molecule has 0 aromatic heterocycles. The number of hydrogen-bond acceptors (Lipinski definition) is 2. The van der Waals surface area contributed by atoms with Crippen molar-refractivity contribution in [2.24, 2.45) is 5.92 Å². The zero-order valence-corrected chi connectivity index (χ0v) is 10.2. The summed E-state index contributed by atoms with van der Waals surface area (Å²) in [6.07, 6.45) is 3.97. The highest BCUT2D eigenvalue weighted by molar-refractivity contribution is 5.49. The van der Waals surface area contributed by atoms with E-state index in [9.17, 15) is 0 Å². The molecule has 2 nitrogen and oxygen atoms in total. The van der Waals surface area contributed by atoms with E-state index in [1.165, 1.54) is 24.9 Å². The van der Waals surface area contributed by atoms with Gasteiger partial charge >= 0.3 is 0 Å². The highest BCUT2D eigenvalue weighted by Gasteiger charge is 2.29. The van der Waals surface area contributed by atoms with Crippen molar-refractivity contribution in [3.63, 3.8) is 0 Å². The van der Waals surface area contributed by atoms with Crippen LogP contribution in [0.25, 0.3) is 0 Å². The zero-order chi connectivity index (χ0) is 11.4. The first-order valence-corrected chi connectivity index (χ1v) is 6.33. The second-order valence-electron chi connectivity index (χ2n) is 4.46. The average Bonchev–Trinajstić information content (AvgIpc) is 3.11. The van der Waals surface area contributed by atoms with Gasteiger partial charge in [0.25, 0.3) is 0 Å². The van der Waals surface area contributed by atoms with Gasteiger partial charge < -0.3 is 10.1 Å². The van der Waals surface area contributed by atoms with Gasteiger partial charge in [0.2, 0.25) is 0 Å². The number of hydrogen-bond donors (Lipinski definition) is 1. The summed E-state index contributed by atoms with van der Waals surface area (Å²) in [6.45, 7) is 4.99. The van der Waals surface area contributed by atoms with E-state index in [1.807, 2.05) is 19.1 Å². The fourth-order valence-corrected chi connectivity index (χ4v) is 2.11. The van der Waals surface area contributed by atoms with Gasteiger partial charge in [0, 0.05) is 17.8 Å². The molecule has 1 aromatic rings. The van der Waals surface area contributed by atoms with E-state index < -0.39 is 0 Å². The van der Waals surface area contributed by atoms with Gasteiger partial charge in [-0.25, -0.2) is 0 Å². The molecule has 1 atom stereocenters. The summed E-state index contributed by atoms with van der Waals surface area (Å²) in [5.74, 6) is 1.85. The Kier molecular flexibility index (Phi) is 3.70. The summed E-state index contributed by atoms with van der Waals surface area (Å²) in [5.41, 5.74) is 1.18. The third-order valence-corrected chi connectivity index (χ3v) is 3.13. The van der Waals surface area contributed by atoms with Crippen molar-refractivity contribution in [2.75, 3.05) is 11.9 Å². The molecule has 16 heavy (non-hydrogen) atoms. The van der Waals surface area contributed by atoms with Gasteiger partial charge in [0.1, 0.15) is 5.75 Å². The molecule has 2 rings (SSSR count). The lowest BCUT2D eigenvalue weighted by Crippen LogP contribution is -2.20. The summed E-state index contributed by atoms with van der Waals surface area (Å²) < 4.78 is 5.50. The van der Waals surface area contributed by atoms with E-state index in [0.717, 1.165) is 18.3 Å². The fourth-order valence-electron chi connectivity index (χ4n) is 2.11. The third-order valence-electron chi connectivity index (χ3n) is 3.13. The zero-order valence-electron chi connectivity index (χ0n) is 10.2. The molecule has 0 heterocycles. The molecule has 1 saturated carbocycles. The van der Waals surface area contributed by atoms with Gasteiger partial charge in [0.05, 0.1) is 6.61 Å². The van der Waals surface area contributed by atoms with Crippen molar-refractivity contribution >= 4 is 5.69 Å². The molecular formula is C14H21NO. The van der Waals surface area contributed by atoms with Crippen molar-refractivity contribution < 1.29 is 4.74 Å². The van der Waals surface area contributed by atoms with Crippen LogP contribution in [-0.4, -0.2) is 12.6 Å². The van der Waals surface area contributed by atoms with Crippen molar-refractivity contribution in [3.05, 3.63) is 24.3 Å². The molecule has 1 aromatic carbocycles. The summed E-state index contributed by atoms with van der Waals surface area (Å²) >= 11 is 0. The van der Waals surface area contributed by atoms with E-state index in [4.69, 9.17) is 4.74 Å². The molecule has 1 unspecified atom stereocenters. The second kappa shape index (κ2) is 5.24. The minimum absolute atomic E-state index is 0.636. The molecule has 0 radical (unpaired) electrons. The maximum Gasteiger partial charge on any atom is 0.121 e. The molecule has 1 N–H and O–H groups in total. The van der Waals surface area contributed by atoms with Crippen LogP contribution in [0, 0.1) is 5.92 Å². The largest absolute Gasteiger partial charge is 0.494 e. The minimum atomic E-state index is 0.636. The molecule has 0 spiro atoms. The Morgan fingerprint density at radius 1 is 1.38 bits per heavy atom. The molecular weight excluding hydrogens is 198 g/mol. The Morgan fingerprint density at radius 3 is 2.81 bits per heavy atom. The Labute approximate surface area is 98.0 Å². The van der Waals surface area contributed by atoms with Crippen molar-refractivity contribution in [3.8, 4) is 5.75 Å². The van der Waals surface area contributed by atoms with E-state index >= 15 is 0 Å². The fraction of sp³-hybridized carbons (Fsp3) is 0.571. The van der Waals surface area contributed by atoms with E-state index in [-0.39, 0.29) is 0 Å². The molecule has 0 bridgehead atoms. The molecule has 1 aliphatic rings. The predicted octanol–water partition coefficient (Wildman–Crippen LogP) is 3.69. The van der Waals surface area contributed by atoms with Gasteiger partial charge in [-0.1, -0.05) is 13.0 Å². The standard InChI is InChI=1S/C14H21NO/c1-3-14(11-8-9-11)15-12-6-5-7-13(10-12)16-4-2/h5-7,10-11,14-15H,3-4,8-9H2,1-2H3. The molecule has 0 amide bonds. The lowest BCUT2D eigenvalue weighted by molar-refractivity contribution is 0.340. The Morgan fingerprint density at radius 2 is 2.19 bits per heavy atom. The van der Waals surface area contributed by atoms with Crippen LogP contribution in [-0.2, 0) is 0 Å². The number of ether oxygens (including phenoxy) is 1. The van der Waals surface area contributed by atoms with E-state index in [0.29, 0.717) is 6.04 Å². The molecule has 1 aliphatic carbocycles. The maximum absolute atomic E-state index is 5.50. The lowest BCUT2D eigenvalue weighted by atomic mass is 10.1. The van der Waals surface area contributed by atoms with Crippen molar-refractivity contribution in [1.82, 2.24) is 0 Å². The average molecular weight is 219 g/mol. The molecule has 2 heteroatoms. The Balaban J connectivity index is 1.99. The molecule has 0 saturated heterocycles. The highest BCUT2D eigenvalue weighted by Crippen LogP contribution is 2.35. The monoisotopic (exact) mass is 219 g/mol. The molecule has 0 aliphatic heterocycles. The summed E-state index contributed by atoms with van der Waals surface area (Å²) in [4.78, 5) is 0. The maximum atomic E-state index is 5.50. The van der Waals surface area contributed by atoms with Gasteiger partial charge in [-0.2, -0.15) is 0 Å². The van der Waals surface area contributed by atoms with Crippen LogP contribution in [0.2, 0.25) is 0 Å². The van der Waals surface area contributed by atoms with Crippen molar-refractivity contribution in [1.29, 1.82) is 0 Å². The van der Waals surface area contributed by atoms with Gasteiger partial charge in [-0.15, -0.1) is 0 Å². The lowest BCUT2D eigenvalue weighted by Gasteiger charge is -2.18. The van der Waals surface area contributed by atoms with Crippen molar-refractivity contribution in [2.45, 2.75) is 39.2 Å². The third kappa shape index (κ3) is 2.91. The van der Waals surface area contributed by atoms with Crippen LogP contribution in [0.5, 0.6) is 5.75 Å². The SMILES string of the molecule is CCOc1cccc(NC(CC)C2CC2)c1. The van der Waals surface area contributed by atoms with E-state index in [1.54, 1.807) is 0 Å². The highest BCUT2D eigenvalue weighted by atomic mass is 16.5. The minimum Gasteiger partial charge on any atom is -0.494 e. The van der Waals surface area contributed by atoms with Crippen LogP contribution in [0.3, 0.4) is 0 Å². The summed E-state index contributed by atoms with van der Waals surface area (Å²) in [7, 11) is 0. The topological polar surface area (TPSA) is 21.3 Å². The van der Waals surface area contributed by atoms with Gasteiger partial charge in [0.15, 0.2) is 0 Å². The summed E-state index contributed by atoms with van der Waals surface area (Å²) in [5, 5.41) is 3.61. The van der Waals surface area contributed by atoms with E-state index in [2.05, 4.69) is 24.4 Å². The first kappa shape index (κ1) is 11.3. The Bertz CT molecular complexity index is 333. The molecule has 1 fully saturated rings. The van der Waals surface area contributed by atoms with Gasteiger partial charge in [-0.3, -0.25) is 0 Å². The number of benzene rings is 1. The number of rotatable bonds is 6. The summed E-state index contributed by atoms with van der Waals surface area (Å²) in [6, 6.07) is 8.90. The first-order chi connectivity index (χ1) is 7.83. The number of anilines is 1. The normalized spacial score (nSPS) is 16.9. The van der Waals surface area contributed by atoms with Crippen LogP contribution in [0.4, 0.5) is 5.69 Å². The predicted molar refractivity (Wildman–Crippen MR) is 68.0 cm³/mol. The smallest absolute Gasteiger partial charge is 0.121 e. The first-order valence-electron chi connectivity index (χ1n) is 6.33. The second-order valence-corrected chi connectivity index (χ2v) is 4.46.